The zero-order valence-corrected chi connectivity index (χ0v) is 11.6. The van der Waals surface area contributed by atoms with Crippen molar-refractivity contribution in [2.75, 3.05) is 0 Å². The number of thiophene rings is 1. The quantitative estimate of drug-likeness (QED) is 0.906. The molecule has 1 aromatic heterocycles. The Hall–Kier alpha value is -1.32. The Balaban J connectivity index is 1.92. The molecule has 0 aliphatic carbocycles. The lowest BCUT2D eigenvalue weighted by Gasteiger charge is -2.14. The highest BCUT2D eigenvalue weighted by Crippen LogP contribution is 2.16. The van der Waals surface area contributed by atoms with E-state index in [0.717, 1.165) is 11.1 Å². The molecule has 1 N–H and O–H groups in total. The minimum atomic E-state index is -0.00611. The van der Waals surface area contributed by atoms with Crippen LogP contribution in [0.1, 0.15) is 24.1 Å². The summed E-state index contributed by atoms with van der Waals surface area (Å²) in [5.41, 5.74) is 2.11. The van der Waals surface area contributed by atoms with Gasteiger partial charge in [-0.2, -0.15) is 11.3 Å². The van der Waals surface area contributed by atoms with Crippen molar-refractivity contribution < 1.29 is 4.79 Å². The standard InChI is InChI=1S/C14H14ClNOS/c1-10(12-2-4-13(15)5-3-12)16-14(17)8-11-6-7-18-9-11/h2-7,9-10H,8H2,1H3,(H,16,17). The van der Waals surface area contributed by atoms with E-state index in [0.29, 0.717) is 11.4 Å². The minimum absolute atomic E-state index is 0.00611. The van der Waals surface area contributed by atoms with Crippen molar-refractivity contribution in [3.05, 3.63) is 57.2 Å². The molecular formula is C14H14ClNOS. The van der Waals surface area contributed by atoms with E-state index in [-0.39, 0.29) is 11.9 Å². The second-order valence-electron chi connectivity index (χ2n) is 4.15. The van der Waals surface area contributed by atoms with Gasteiger partial charge in [0.25, 0.3) is 0 Å². The number of hydrogen-bond donors (Lipinski definition) is 1. The molecule has 2 rings (SSSR count). The van der Waals surface area contributed by atoms with E-state index < -0.39 is 0 Å². The monoisotopic (exact) mass is 279 g/mol. The summed E-state index contributed by atoms with van der Waals surface area (Å²) in [5.74, 6) is 0.0378. The van der Waals surface area contributed by atoms with E-state index in [4.69, 9.17) is 11.6 Å². The molecule has 0 spiro atoms. The molecule has 1 heterocycles. The highest BCUT2D eigenvalue weighted by molar-refractivity contribution is 7.07. The molecule has 4 heteroatoms. The fourth-order valence-electron chi connectivity index (χ4n) is 1.71. The van der Waals surface area contributed by atoms with E-state index in [1.807, 2.05) is 48.0 Å². The predicted molar refractivity (Wildman–Crippen MR) is 76.0 cm³/mol. The Bertz CT molecular complexity index is 507. The molecule has 0 saturated heterocycles. The molecule has 0 bridgehead atoms. The zero-order chi connectivity index (χ0) is 13.0. The Morgan fingerprint density at radius 2 is 2.06 bits per heavy atom. The Labute approximate surface area is 116 Å². The van der Waals surface area contributed by atoms with Crippen molar-refractivity contribution in [1.82, 2.24) is 5.32 Å². The van der Waals surface area contributed by atoms with Gasteiger partial charge in [-0.25, -0.2) is 0 Å². The molecule has 1 atom stereocenters. The molecule has 2 aromatic rings. The van der Waals surface area contributed by atoms with Crippen LogP contribution in [0.4, 0.5) is 0 Å². The zero-order valence-electron chi connectivity index (χ0n) is 10.0. The normalized spacial score (nSPS) is 12.1. The summed E-state index contributed by atoms with van der Waals surface area (Å²) in [4.78, 5) is 11.8. The lowest BCUT2D eigenvalue weighted by molar-refractivity contribution is -0.121. The average Bonchev–Trinajstić information content (AvgIpc) is 2.82. The number of carbonyl (C=O) groups excluding carboxylic acids is 1. The van der Waals surface area contributed by atoms with Gasteiger partial charge in [0.15, 0.2) is 0 Å². The first kappa shape index (κ1) is 13.1. The smallest absolute Gasteiger partial charge is 0.224 e. The van der Waals surface area contributed by atoms with E-state index in [1.165, 1.54) is 0 Å². The van der Waals surface area contributed by atoms with Gasteiger partial charge >= 0.3 is 0 Å². The van der Waals surface area contributed by atoms with Crippen LogP contribution in [0.3, 0.4) is 0 Å². The van der Waals surface area contributed by atoms with Crippen molar-refractivity contribution in [3.8, 4) is 0 Å². The van der Waals surface area contributed by atoms with Crippen LogP contribution in [-0.4, -0.2) is 5.91 Å². The molecule has 0 saturated carbocycles. The largest absolute Gasteiger partial charge is 0.349 e. The lowest BCUT2D eigenvalue weighted by Crippen LogP contribution is -2.27. The topological polar surface area (TPSA) is 29.1 Å². The molecule has 0 aliphatic heterocycles. The molecule has 94 valence electrons. The van der Waals surface area contributed by atoms with Gasteiger partial charge in [-0.1, -0.05) is 23.7 Å². The Morgan fingerprint density at radius 3 is 2.67 bits per heavy atom. The van der Waals surface area contributed by atoms with Crippen LogP contribution in [0, 0.1) is 0 Å². The summed E-state index contributed by atoms with van der Waals surface area (Å²) in [6.45, 7) is 1.97. The van der Waals surface area contributed by atoms with Crippen molar-refractivity contribution in [3.63, 3.8) is 0 Å². The maximum Gasteiger partial charge on any atom is 0.224 e. The Kier molecular flexibility index (Phi) is 4.39. The van der Waals surface area contributed by atoms with Crippen molar-refractivity contribution in [2.24, 2.45) is 0 Å². The molecule has 0 fully saturated rings. The van der Waals surface area contributed by atoms with Crippen molar-refractivity contribution in [1.29, 1.82) is 0 Å². The number of benzene rings is 1. The van der Waals surface area contributed by atoms with Crippen LogP contribution in [-0.2, 0) is 11.2 Å². The maximum absolute atomic E-state index is 11.8. The first-order valence-corrected chi connectivity index (χ1v) is 7.03. The van der Waals surface area contributed by atoms with Gasteiger partial charge in [-0.3, -0.25) is 4.79 Å². The fourth-order valence-corrected chi connectivity index (χ4v) is 2.50. The van der Waals surface area contributed by atoms with Gasteiger partial charge in [-0.05, 0) is 47.0 Å². The maximum atomic E-state index is 11.8. The third-order valence-corrected chi connectivity index (χ3v) is 3.68. The van der Waals surface area contributed by atoms with Gasteiger partial charge in [0.05, 0.1) is 12.5 Å². The van der Waals surface area contributed by atoms with E-state index >= 15 is 0 Å². The molecule has 1 aromatic carbocycles. The Morgan fingerprint density at radius 1 is 1.33 bits per heavy atom. The molecular weight excluding hydrogens is 266 g/mol. The number of amides is 1. The summed E-state index contributed by atoms with van der Waals surface area (Å²) in [7, 11) is 0. The van der Waals surface area contributed by atoms with Crippen LogP contribution < -0.4 is 5.32 Å². The molecule has 1 amide bonds. The second kappa shape index (κ2) is 6.03. The summed E-state index contributed by atoms with van der Waals surface area (Å²) in [6.07, 6.45) is 0.432. The van der Waals surface area contributed by atoms with Crippen LogP contribution in [0.5, 0.6) is 0 Å². The van der Waals surface area contributed by atoms with Gasteiger partial charge < -0.3 is 5.32 Å². The fraction of sp³-hybridized carbons (Fsp3) is 0.214. The first-order chi connectivity index (χ1) is 8.65. The summed E-state index contributed by atoms with van der Waals surface area (Å²) in [6, 6.07) is 9.48. The average molecular weight is 280 g/mol. The third kappa shape index (κ3) is 3.59. The van der Waals surface area contributed by atoms with Gasteiger partial charge in [0, 0.05) is 5.02 Å². The van der Waals surface area contributed by atoms with Crippen LogP contribution in [0.15, 0.2) is 41.1 Å². The summed E-state index contributed by atoms with van der Waals surface area (Å²) < 4.78 is 0. The van der Waals surface area contributed by atoms with E-state index in [9.17, 15) is 4.79 Å². The number of carbonyl (C=O) groups is 1. The highest BCUT2D eigenvalue weighted by Gasteiger charge is 2.10. The highest BCUT2D eigenvalue weighted by atomic mass is 35.5. The van der Waals surface area contributed by atoms with E-state index in [2.05, 4.69) is 5.32 Å². The van der Waals surface area contributed by atoms with Crippen molar-refractivity contribution >= 4 is 28.8 Å². The minimum Gasteiger partial charge on any atom is -0.349 e. The number of rotatable bonds is 4. The van der Waals surface area contributed by atoms with Gasteiger partial charge in [0.2, 0.25) is 5.91 Å². The van der Waals surface area contributed by atoms with Crippen LogP contribution in [0.2, 0.25) is 5.02 Å². The number of nitrogens with one attached hydrogen (secondary N) is 1. The van der Waals surface area contributed by atoms with Crippen LogP contribution in [0.25, 0.3) is 0 Å². The van der Waals surface area contributed by atoms with E-state index in [1.54, 1.807) is 11.3 Å². The molecule has 18 heavy (non-hydrogen) atoms. The third-order valence-electron chi connectivity index (χ3n) is 2.69. The molecule has 1 unspecified atom stereocenters. The van der Waals surface area contributed by atoms with Gasteiger partial charge in [-0.15, -0.1) is 0 Å². The first-order valence-electron chi connectivity index (χ1n) is 5.71. The molecule has 0 aliphatic rings. The summed E-state index contributed by atoms with van der Waals surface area (Å²) in [5, 5.41) is 7.65. The van der Waals surface area contributed by atoms with Crippen molar-refractivity contribution in [2.45, 2.75) is 19.4 Å². The second-order valence-corrected chi connectivity index (χ2v) is 5.37. The predicted octanol–water partition coefficient (Wildman–Crippen LogP) is 3.82. The lowest BCUT2D eigenvalue weighted by atomic mass is 10.1. The molecule has 2 nitrogen and oxygen atoms in total. The SMILES string of the molecule is CC(NC(=O)Cc1ccsc1)c1ccc(Cl)cc1. The number of hydrogen-bond acceptors (Lipinski definition) is 2. The number of halogens is 1. The van der Waals surface area contributed by atoms with Gasteiger partial charge in [0.1, 0.15) is 0 Å². The summed E-state index contributed by atoms with van der Waals surface area (Å²) >= 11 is 7.43. The van der Waals surface area contributed by atoms with Crippen LogP contribution >= 0.6 is 22.9 Å². The molecule has 0 radical (unpaired) electrons.